The molecule has 4 heteroatoms. The first-order valence-electron chi connectivity index (χ1n) is 6.39. The average Bonchev–Trinajstić information content (AvgIpc) is 2.27. The van der Waals surface area contributed by atoms with Crippen LogP contribution in [0.3, 0.4) is 0 Å². The summed E-state index contributed by atoms with van der Waals surface area (Å²) in [5, 5.41) is 3.25. The van der Waals surface area contributed by atoms with Crippen LogP contribution in [0.2, 0.25) is 0 Å². The summed E-state index contributed by atoms with van der Waals surface area (Å²) in [6.45, 7) is 10.7. The van der Waals surface area contributed by atoms with Crippen LogP contribution in [0.15, 0.2) is 0 Å². The number of hydrogen-bond donors (Lipinski definition) is 1. The summed E-state index contributed by atoms with van der Waals surface area (Å²) in [5.41, 5.74) is 0. The third-order valence-electron chi connectivity index (χ3n) is 3.39. The van der Waals surface area contributed by atoms with Crippen LogP contribution in [-0.2, 0) is 0 Å². The van der Waals surface area contributed by atoms with Crippen LogP contribution in [-0.4, -0.2) is 87.7 Å². The largest absolute Gasteiger partial charge is 0.318 e. The van der Waals surface area contributed by atoms with Gasteiger partial charge in [-0.25, -0.2) is 0 Å². The Morgan fingerprint density at radius 2 is 1.81 bits per heavy atom. The zero-order valence-corrected chi connectivity index (χ0v) is 11.4. The second-order valence-corrected chi connectivity index (χ2v) is 5.09. The molecule has 0 radical (unpaired) electrons. The molecular weight excluding hydrogens is 200 g/mol. The van der Waals surface area contributed by atoms with Crippen LogP contribution < -0.4 is 5.32 Å². The van der Waals surface area contributed by atoms with Gasteiger partial charge in [0.2, 0.25) is 0 Å². The fourth-order valence-electron chi connectivity index (χ4n) is 2.19. The molecule has 96 valence electrons. The maximum Gasteiger partial charge on any atom is 0.0193 e. The molecule has 16 heavy (non-hydrogen) atoms. The fourth-order valence-corrected chi connectivity index (χ4v) is 2.19. The van der Waals surface area contributed by atoms with Crippen LogP contribution in [0.1, 0.15) is 6.92 Å². The third-order valence-corrected chi connectivity index (χ3v) is 3.39. The lowest BCUT2D eigenvalue weighted by Crippen LogP contribution is -2.52. The molecule has 1 rings (SSSR count). The molecule has 0 aliphatic carbocycles. The Morgan fingerprint density at radius 1 is 1.19 bits per heavy atom. The van der Waals surface area contributed by atoms with Crippen molar-refractivity contribution in [2.45, 2.75) is 13.0 Å². The van der Waals surface area contributed by atoms with Crippen molar-refractivity contribution in [3.8, 4) is 0 Å². The Labute approximate surface area is 101 Å². The average molecular weight is 228 g/mol. The predicted octanol–water partition coefficient (Wildman–Crippen LogP) is -0.226. The van der Waals surface area contributed by atoms with Gasteiger partial charge in [-0.2, -0.15) is 0 Å². The van der Waals surface area contributed by atoms with Crippen LogP contribution >= 0.6 is 0 Å². The molecule has 4 nitrogen and oxygen atoms in total. The minimum atomic E-state index is 0.668. The topological polar surface area (TPSA) is 21.8 Å². The highest BCUT2D eigenvalue weighted by atomic mass is 15.3. The molecule has 1 heterocycles. The van der Waals surface area contributed by atoms with Crippen LogP contribution in [0.5, 0.6) is 0 Å². The summed E-state index contributed by atoms with van der Waals surface area (Å²) in [5.74, 6) is 0. The van der Waals surface area contributed by atoms with E-state index in [4.69, 9.17) is 0 Å². The molecule has 0 aromatic heterocycles. The number of piperazine rings is 1. The van der Waals surface area contributed by atoms with Crippen molar-refractivity contribution in [2.75, 3.05) is 67.0 Å². The molecule has 1 fully saturated rings. The number of likely N-dealkylation sites (N-methyl/N-ethyl adjacent to an activating group) is 2. The van der Waals surface area contributed by atoms with E-state index in [0.29, 0.717) is 6.04 Å². The monoisotopic (exact) mass is 228 g/mol. The smallest absolute Gasteiger partial charge is 0.0193 e. The molecule has 1 aliphatic heterocycles. The van der Waals surface area contributed by atoms with Crippen LogP contribution in [0.25, 0.3) is 0 Å². The van der Waals surface area contributed by atoms with E-state index in [1.54, 1.807) is 0 Å². The standard InChI is InChI=1S/C12H28N4/c1-12(11-13-2)16-9-7-15(8-10-16)6-5-14(3)4/h12-13H,5-11H2,1-4H3. The Balaban J connectivity index is 2.18. The lowest BCUT2D eigenvalue weighted by Gasteiger charge is -2.38. The number of nitrogens with zero attached hydrogens (tertiary/aromatic N) is 3. The van der Waals surface area contributed by atoms with E-state index in [1.165, 1.54) is 39.3 Å². The first-order chi connectivity index (χ1) is 7.63. The molecule has 0 aromatic carbocycles. The molecule has 1 saturated heterocycles. The van der Waals surface area contributed by atoms with E-state index in [0.717, 1.165) is 6.54 Å². The van der Waals surface area contributed by atoms with Gasteiger partial charge in [0.25, 0.3) is 0 Å². The zero-order chi connectivity index (χ0) is 12.0. The van der Waals surface area contributed by atoms with Crippen molar-refractivity contribution in [3.05, 3.63) is 0 Å². The number of hydrogen-bond acceptors (Lipinski definition) is 4. The van der Waals surface area contributed by atoms with Crippen LogP contribution in [0, 0.1) is 0 Å². The SMILES string of the molecule is CNCC(C)N1CCN(CCN(C)C)CC1. The van der Waals surface area contributed by atoms with Crippen molar-refractivity contribution >= 4 is 0 Å². The summed E-state index contributed by atoms with van der Waals surface area (Å²) in [4.78, 5) is 7.42. The molecular formula is C12H28N4. The highest BCUT2D eigenvalue weighted by Gasteiger charge is 2.20. The van der Waals surface area contributed by atoms with E-state index in [-0.39, 0.29) is 0 Å². The lowest BCUT2D eigenvalue weighted by atomic mass is 10.2. The Morgan fingerprint density at radius 3 is 2.31 bits per heavy atom. The van der Waals surface area contributed by atoms with Gasteiger partial charge in [-0.3, -0.25) is 9.80 Å². The van der Waals surface area contributed by atoms with Crippen molar-refractivity contribution in [2.24, 2.45) is 0 Å². The molecule has 1 aliphatic rings. The van der Waals surface area contributed by atoms with E-state index < -0.39 is 0 Å². The first-order valence-corrected chi connectivity index (χ1v) is 6.39. The molecule has 1 unspecified atom stereocenters. The maximum atomic E-state index is 3.25. The van der Waals surface area contributed by atoms with Crippen molar-refractivity contribution < 1.29 is 0 Å². The van der Waals surface area contributed by atoms with E-state index >= 15 is 0 Å². The summed E-state index contributed by atoms with van der Waals surface area (Å²) in [7, 11) is 6.32. The van der Waals surface area contributed by atoms with Gasteiger partial charge in [-0.15, -0.1) is 0 Å². The van der Waals surface area contributed by atoms with Crippen molar-refractivity contribution in [3.63, 3.8) is 0 Å². The first kappa shape index (κ1) is 13.9. The molecule has 1 atom stereocenters. The lowest BCUT2D eigenvalue weighted by molar-refractivity contribution is 0.0978. The van der Waals surface area contributed by atoms with Gasteiger partial charge in [-0.05, 0) is 28.1 Å². The van der Waals surface area contributed by atoms with Crippen molar-refractivity contribution in [1.29, 1.82) is 0 Å². The highest BCUT2D eigenvalue weighted by molar-refractivity contribution is 4.77. The van der Waals surface area contributed by atoms with E-state index in [9.17, 15) is 0 Å². The molecule has 0 aromatic rings. The molecule has 0 bridgehead atoms. The summed E-state index contributed by atoms with van der Waals surface area (Å²) < 4.78 is 0. The Hall–Kier alpha value is -0.160. The van der Waals surface area contributed by atoms with E-state index in [1.807, 2.05) is 7.05 Å². The van der Waals surface area contributed by atoms with Crippen molar-refractivity contribution in [1.82, 2.24) is 20.0 Å². The van der Waals surface area contributed by atoms with Gasteiger partial charge in [-0.1, -0.05) is 0 Å². The molecule has 0 saturated carbocycles. The highest BCUT2D eigenvalue weighted by Crippen LogP contribution is 2.05. The number of rotatable bonds is 6. The minimum absolute atomic E-state index is 0.668. The van der Waals surface area contributed by atoms with E-state index in [2.05, 4.69) is 41.0 Å². The van der Waals surface area contributed by atoms with Crippen LogP contribution in [0.4, 0.5) is 0 Å². The Kier molecular flexibility index (Phi) is 6.28. The third kappa shape index (κ3) is 4.78. The summed E-state index contributed by atoms with van der Waals surface area (Å²) >= 11 is 0. The predicted molar refractivity (Wildman–Crippen MR) is 70.0 cm³/mol. The van der Waals surface area contributed by atoms with Gasteiger partial charge in [0, 0.05) is 51.9 Å². The summed E-state index contributed by atoms with van der Waals surface area (Å²) in [6.07, 6.45) is 0. The van der Waals surface area contributed by atoms with Gasteiger partial charge in [0.05, 0.1) is 0 Å². The second kappa shape index (κ2) is 7.22. The summed E-state index contributed by atoms with van der Waals surface area (Å²) in [6, 6.07) is 0.668. The zero-order valence-electron chi connectivity index (χ0n) is 11.4. The van der Waals surface area contributed by atoms with Gasteiger partial charge < -0.3 is 10.2 Å². The van der Waals surface area contributed by atoms with Gasteiger partial charge in [0.1, 0.15) is 0 Å². The molecule has 0 spiro atoms. The molecule has 1 N–H and O–H groups in total. The second-order valence-electron chi connectivity index (χ2n) is 5.09. The Bertz CT molecular complexity index is 176. The molecule has 0 amide bonds. The number of nitrogens with one attached hydrogen (secondary N) is 1. The minimum Gasteiger partial charge on any atom is -0.318 e. The van der Waals surface area contributed by atoms with Gasteiger partial charge in [0.15, 0.2) is 0 Å². The normalized spacial score (nSPS) is 21.6. The maximum absolute atomic E-state index is 3.25. The van der Waals surface area contributed by atoms with Gasteiger partial charge >= 0.3 is 0 Å². The quantitative estimate of drug-likeness (QED) is 0.678. The fraction of sp³-hybridized carbons (Fsp3) is 1.00.